The van der Waals surface area contributed by atoms with Gasteiger partial charge < -0.3 is 15.3 Å². The molecule has 2 N–H and O–H groups in total. The van der Waals surface area contributed by atoms with E-state index in [0.29, 0.717) is 17.3 Å². The van der Waals surface area contributed by atoms with Gasteiger partial charge in [-0.1, -0.05) is 0 Å². The van der Waals surface area contributed by atoms with Crippen molar-refractivity contribution in [3.8, 4) is 0 Å². The minimum Gasteiger partial charge on any atom is -0.391 e. The average Bonchev–Trinajstić information content (AvgIpc) is 2.39. The third-order valence-corrected chi connectivity index (χ3v) is 3.37. The van der Waals surface area contributed by atoms with Crippen LogP contribution < -0.4 is 5.32 Å². The van der Waals surface area contributed by atoms with Gasteiger partial charge in [0.05, 0.1) is 11.0 Å². The van der Waals surface area contributed by atoms with Crippen LogP contribution in [0.15, 0.2) is 24.3 Å². The molecule has 2 rings (SSSR count). The van der Waals surface area contributed by atoms with Crippen LogP contribution in [0.1, 0.15) is 12.8 Å². The number of β-amino-alcohol motifs (C(OH)–C–C–N with tert-alkyl or cyclic N) is 1. The van der Waals surface area contributed by atoms with Crippen molar-refractivity contribution < 1.29 is 10.0 Å². The van der Waals surface area contributed by atoms with Crippen molar-refractivity contribution in [2.24, 2.45) is 0 Å². The minimum atomic E-state index is -0.441. The van der Waals surface area contributed by atoms with Crippen LogP contribution in [0.5, 0.6) is 0 Å². The number of hydrogen-bond acceptors (Lipinski definition) is 4. The summed E-state index contributed by atoms with van der Waals surface area (Å²) in [5.41, 5.74) is 0.750. The van der Waals surface area contributed by atoms with Gasteiger partial charge in [0.25, 0.3) is 5.69 Å². The molecule has 0 bridgehead atoms. The Hall–Kier alpha value is -1.73. The average molecular weight is 281 g/mol. The monoisotopic (exact) mass is 281 g/mol. The summed E-state index contributed by atoms with van der Waals surface area (Å²) in [4.78, 5) is 12.0. The van der Waals surface area contributed by atoms with E-state index in [2.05, 4.69) is 5.32 Å². The first kappa shape index (κ1) is 13.7. The number of thiocarbonyl (C=S) groups is 1. The number of rotatable bonds is 2. The largest absolute Gasteiger partial charge is 0.391 e. The Morgan fingerprint density at radius 2 is 2.16 bits per heavy atom. The number of non-ortho nitro benzene ring substituents is 1. The molecule has 1 aromatic carbocycles. The van der Waals surface area contributed by atoms with Gasteiger partial charge in [-0.15, -0.1) is 0 Å². The lowest BCUT2D eigenvalue weighted by Gasteiger charge is -2.32. The fourth-order valence-electron chi connectivity index (χ4n) is 2.01. The van der Waals surface area contributed by atoms with Crippen LogP contribution >= 0.6 is 12.2 Å². The minimum absolute atomic E-state index is 0.0462. The fourth-order valence-corrected chi connectivity index (χ4v) is 2.29. The van der Waals surface area contributed by atoms with E-state index in [0.717, 1.165) is 19.4 Å². The van der Waals surface area contributed by atoms with E-state index < -0.39 is 4.92 Å². The highest BCUT2D eigenvalue weighted by Gasteiger charge is 2.19. The Kier molecular flexibility index (Phi) is 4.28. The molecule has 6 nitrogen and oxygen atoms in total. The molecule has 0 amide bonds. The van der Waals surface area contributed by atoms with E-state index in [-0.39, 0.29) is 11.8 Å². The number of nitro groups is 1. The normalized spacial score (nSPS) is 19.0. The zero-order valence-corrected chi connectivity index (χ0v) is 11.1. The van der Waals surface area contributed by atoms with Crippen LogP contribution in [0.4, 0.5) is 11.4 Å². The molecule has 1 atom stereocenters. The molecule has 1 aromatic rings. The van der Waals surface area contributed by atoms with Crippen LogP contribution in [0, 0.1) is 10.1 Å². The molecule has 1 saturated heterocycles. The third-order valence-electron chi connectivity index (χ3n) is 3.01. The molecule has 102 valence electrons. The molecular formula is C12H15N3O3S. The standard InChI is InChI=1S/C12H15N3O3S/c16-11-2-1-7-14(8-11)12(19)13-9-3-5-10(6-4-9)15(17)18/h3-6,11,16H,1-2,7-8H2,(H,13,19)/t11-/m0/s1. The van der Waals surface area contributed by atoms with Gasteiger partial charge in [-0.3, -0.25) is 10.1 Å². The van der Waals surface area contributed by atoms with E-state index in [9.17, 15) is 15.2 Å². The summed E-state index contributed by atoms with van der Waals surface area (Å²) in [5.74, 6) is 0. The summed E-state index contributed by atoms with van der Waals surface area (Å²) in [6.07, 6.45) is 1.37. The molecule has 0 unspecified atom stereocenters. The molecule has 1 aliphatic rings. The number of likely N-dealkylation sites (tertiary alicyclic amines) is 1. The summed E-state index contributed by atoms with van der Waals surface area (Å²) >= 11 is 5.26. The molecule has 19 heavy (non-hydrogen) atoms. The van der Waals surface area contributed by atoms with Crippen LogP contribution in [0.25, 0.3) is 0 Å². The van der Waals surface area contributed by atoms with E-state index >= 15 is 0 Å². The quantitative estimate of drug-likeness (QED) is 0.488. The zero-order valence-electron chi connectivity index (χ0n) is 10.3. The van der Waals surface area contributed by atoms with Gasteiger partial charge in [0.2, 0.25) is 0 Å². The predicted molar refractivity (Wildman–Crippen MR) is 76.1 cm³/mol. The highest BCUT2D eigenvalue weighted by Crippen LogP contribution is 2.17. The highest BCUT2D eigenvalue weighted by atomic mass is 32.1. The van der Waals surface area contributed by atoms with Crippen molar-refractivity contribution >= 4 is 28.7 Å². The summed E-state index contributed by atoms with van der Waals surface area (Å²) < 4.78 is 0. The van der Waals surface area contributed by atoms with Crippen molar-refractivity contribution in [2.75, 3.05) is 18.4 Å². The van der Waals surface area contributed by atoms with E-state index in [1.54, 1.807) is 12.1 Å². The van der Waals surface area contributed by atoms with Crippen molar-refractivity contribution in [1.29, 1.82) is 0 Å². The first-order chi connectivity index (χ1) is 9.06. The van der Waals surface area contributed by atoms with Crippen molar-refractivity contribution in [3.05, 3.63) is 34.4 Å². The van der Waals surface area contributed by atoms with Crippen LogP contribution in [0.3, 0.4) is 0 Å². The summed E-state index contributed by atoms with van der Waals surface area (Å²) in [6.45, 7) is 1.34. The molecule has 1 fully saturated rings. The molecule has 0 aliphatic carbocycles. The van der Waals surface area contributed by atoms with Crippen molar-refractivity contribution in [3.63, 3.8) is 0 Å². The fraction of sp³-hybridized carbons (Fsp3) is 0.417. The Balaban J connectivity index is 1.96. The van der Waals surface area contributed by atoms with E-state index in [1.807, 2.05) is 4.90 Å². The maximum Gasteiger partial charge on any atom is 0.269 e. The topological polar surface area (TPSA) is 78.6 Å². The van der Waals surface area contributed by atoms with Gasteiger partial charge in [-0.2, -0.15) is 0 Å². The van der Waals surface area contributed by atoms with Crippen LogP contribution in [-0.2, 0) is 0 Å². The molecule has 0 spiro atoms. The second-order valence-electron chi connectivity index (χ2n) is 4.48. The number of nitro benzene ring substituents is 1. The van der Waals surface area contributed by atoms with Crippen LogP contribution in [0.2, 0.25) is 0 Å². The number of aliphatic hydroxyl groups is 1. The number of aliphatic hydroxyl groups excluding tert-OH is 1. The van der Waals surface area contributed by atoms with E-state index in [4.69, 9.17) is 12.2 Å². The van der Waals surface area contributed by atoms with Crippen molar-refractivity contribution in [2.45, 2.75) is 18.9 Å². The molecule has 0 radical (unpaired) electrons. The molecule has 0 saturated carbocycles. The Labute approximate surface area is 116 Å². The number of nitrogens with one attached hydrogen (secondary N) is 1. The van der Waals surface area contributed by atoms with Gasteiger partial charge in [0.1, 0.15) is 0 Å². The lowest BCUT2D eigenvalue weighted by molar-refractivity contribution is -0.384. The molecule has 1 heterocycles. The van der Waals surface area contributed by atoms with Gasteiger partial charge >= 0.3 is 0 Å². The van der Waals surface area contributed by atoms with E-state index in [1.165, 1.54) is 12.1 Å². The molecule has 1 aliphatic heterocycles. The van der Waals surface area contributed by atoms with Gasteiger partial charge in [-0.25, -0.2) is 0 Å². The summed E-state index contributed by atoms with van der Waals surface area (Å²) in [7, 11) is 0. The first-order valence-electron chi connectivity index (χ1n) is 6.05. The van der Waals surface area contributed by atoms with Crippen molar-refractivity contribution in [1.82, 2.24) is 4.90 Å². The smallest absolute Gasteiger partial charge is 0.269 e. The number of benzene rings is 1. The maximum atomic E-state index is 10.5. The lowest BCUT2D eigenvalue weighted by atomic mass is 10.1. The second kappa shape index (κ2) is 5.94. The number of piperidine rings is 1. The number of hydrogen-bond donors (Lipinski definition) is 2. The molecular weight excluding hydrogens is 266 g/mol. The molecule has 0 aromatic heterocycles. The summed E-state index contributed by atoms with van der Waals surface area (Å²) in [5, 5.41) is 23.7. The zero-order chi connectivity index (χ0) is 13.8. The van der Waals surface area contributed by atoms with Crippen LogP contribution in [-0.4, -0.2) is 39.2 Å². The Morgan fingerprint density at radius 1 is 1.47 bits per heavy atom. The number of anilines is 1. The Morgan fingerprint density at radius 3 is 2.74 bits per heavy atom. The SMILES string of the molecule is O=[N+]([O-])c1ccc(NC(=S)N2CCC[C@H](O)C2)cc1. The molecule has 7 heteroatoms. The maximum absolute atomic E-state index is 10.5. The Bertz CT molecular complexity index is 478. The van der Waals surface area contributed by atoms with Gasteiger partial charge in [0, 0.05) is 30.9 Å². The lowest BCUT2D eigenvalue weighted by Crippen LogP contribution is -2.44. The predicted octanol–water partition coefficient (Wildman–Crippen LogP) is 1.75. The summed E-state index contributed by atoms with van der Waals surface area (Å²) in [6, 6.07) is 6.08. The highest BCUT2D eigenvalue weighted by molar-refractivity contribution is 7.80. The third kappa shape index (κ3) is 3.62. The number of nitrogens with zero attached hydrogens (tertiary/aromatic N) is 2. The second-order valence-corrected chi connectivity index (χ2v) is 4.86. The first-order valence-corrected chi connectivity index (χ1v) is 6.45. The van der Waals surface area contributed by atoms with Gasteiger partial charge in [-0.05, 0) is 37.2 Å². The van der Waals surface area contributed by atoms with Gasteiger partial charge in [0.15, 0.2) is 5.11 Å².